The number of nitrogens with one attached hydrogen (secondary N) is 1. The van der Waals surface area contributed by atoms with E-state index in [0.29, 0.717) is 0 Å². The van der Waals surface area contributed by atoms with Crippen molar-refractivity contribution >= 4 is 11.9 Å². The predicted molar refractivity (Wildman–Crippen MR) is 66.8 cm³/mol. The number of ether oxygens (including phenoxy) is 1. The summed E-state index contributed by atoms with van der Waals surface area (Å²) in [5.74, 6) is -5.55. The van der Waals surface area contributed by atoms with E-state index < -0.39 is 47.9 Å². The molecule has 2 N–H and O–H groups in total. The Kier molecular flexibility index (Phi) is 5.88. The summed E-state index contributed by atoms with van der Waals surface area (Å²) in [5, 5.41) is 10.1. The molecule has 0 aliphatic rings. The molecule has 0 fully saturated rings. The van der Waals surface area contributed by atoms with Gasteiger partial charge in [-0.15, -0.1) is 0 Å². The molecule has 128 valence electrons. The topological polar surface area (TPSA) is 75.6 Å². The molecule has 0 aliphatic carbocycles. The first-order valence-electron chi connectivity index (χ1n) is 6.17. The van der Waals surface area contributed by atoms with E-state index in [2.05, 4.69) is 4.74 Å². The number of rotatable bonds is 6. The lowest BCUT2D eigenvalue weighted by atomic mass is 10.0. The number of aliphatic carboxylic acids is 1. The molecule has 5 nitrogen and oxygen atoms in total. The normalized spacial score (nSPS) is 14.2. The van der Waals surface area contributed by atoms with E-state index in [1.165, 1.54) is 11.4 Å². The molecule has 0 bridgehead atoms. The summed E-state index contributed by atoms with van der Waals surface area (Å²) in [6.07, 6.45) is -5.05. The summed E-state index contributed by atoms with van der Waals surface area (Å²) in [4.78, 5) is 22.2. The van der Waals surface area contributed by atoms with Crippen molar-refractivity contribution in [3.63, 3.8) is 0 Å². The van der Waals surface area contributed by atoms with Crippen LogP contribution < -0.4 is 10.1 Å². The highest BCUT2D eigenvalue weighted by molar-refractivity contribution is 5.96. The van der Waals surface area contributed by atoms with E-state index in [1.807, 2.05) is 0 Å². The highest BCUT2D eigenvalue weighted by Gasteiger charge is 2.44. The van der Waals surface area contributed by atoms with Crippen molar-refractivity contribution in [2.45, 2.75) is 25.8 Å². The van der Waals surface area contributed by atoms with Crippen molar-refractivity contribution in [3.05, 3.63) is 29.8 Å². The fraction of sp³-hybridized carbons (Fsp3) is 0.385. The van der Waals surface area contributed by atoms with E-state index >= 15 is 0 Å². The third-order valence-electron chi connectivity index (χ3n) is 2.82. The molecule has 2 atom stereocenters. The number of hydrogen-bond donors (Lipinski definition) is 2. The molecule has 2 unspecified atom stereocenters. The second-order valence-electron chi connectivity index (χ2n) is 4.46. The minimum absolute atomic E-state index is 0.758. The van der Waals surface area contributed by atoms with Crippen LogP contribution in [0.5, 0.6) is 5.75 Å². The van der Waals surface area contributed by atoms with Gasteiger partial charge in [0.2, 0.25) is 5.91 Å². The van der Waals surface area contributed by atoms with Crippen molar-refractivity contribution < 1.29 is 41.4 Å². The SMILES string of the molecule is CC(C(=O)O)C(=O)NC(c1ccccc1OC(F)F)C(F)(F)F. The molecule has 0 radical (unpaired) electrons. The summed E-state index contributed by atoms with van der Waals surface area (Å²) in [6.45, 7) is -2.47. The van der Waals surface area contributed by atoms with E-state index in [-0.39, 0.29) is 0 Å². The molecule has 0 spiro atoms. The van der Waals surface area contributed by atoms with Gasteiger partial charge in [-0.05, 0) is 13.0 Å². The van der Waals surface area contributed by atoms with Crippen molar-refractivity contribution in [3.8, 4) is 5.75 Å². The largest absolute Gasteiger partial charge is 0.481 e. The molecule has 0 saturated heterocycles. The van der Waals surface area contributed by atoms with E-state index in [1.54, 1.807) is 0 Å². The zero-order valence-corrected chi connectivity index (χ0v) is 11.6. The van der Waals surface area contributed by atoms with Crippen LogP contribution in [-0.2, 0) is 9.59 Å². The maximum Gasteiger partial charge on any atom is 0.413 e. The quantitative estimate of drug-likeness (QED) is 0.616. The van der Waals surface area contributed by atoms with Gasteiger partial charge in [-0.3, -0.25) is 9.59 Å². The number of para-hydroxylation sites is 1. The van der Waals surface area contributed by atoms with Crippen LogP contribution in [0.4, 0.5) is 22.0 Å². The van der Waals surface area contributed by atoms with Crippen LogP contribution in [0, 0.1) is 5.92 Å². The number of amides is 1. The van der Waals surface area contributed by atoms with Gasteiger partial charge in [0.05, 0.1) is 0 Å². The second kappa shape index (κ2) is 7.25. The summed E-state index contributed by atoms with van der Waals surface area (Å²) in [5.41, 5.74) is -0.758. The van der Waals surface area contributed by atoms with Gasteiger partial charge in [0.15, 0.2) is 6.04 Å². The number of carbonyl (C=O) groups is 2. The molecule has 0 saturated carbocycles. The number of halogens is 5. The Bertz CT molecular complexity index is 576. The molecule has 0 aliphatic heterocycles. The van der Waals surface area contributed by atoms with Crippen LogP contribution in [0.1, 0.15) is 18.5 Å². The van der Waals surface area contributed by atoms with Crippen molar-refractivity contribution in [2.24, 2.45) is 5.92 Å². The highest BCUT2D eigenvalue weighted by Crippen LogP contribution is 2.37. The van der Waals surface area contributed by atoms with Gasteiger partial charge in [-0.1, -0.05) is 18.2 Å². The fourth-order valence-electron chi connectivity index (χ4n) is 1.64. The highest BCUT2D eigenvalue weighted by atomic mass is 19.4. The average Bonchev–Trinajstić information content (AvgIpc) is 2.42. The van der Waals surface area contributed by atoms with E-state index in [4.69, 9.17) is 5.11 Å². The maximum atomic E-state index is 13.1. The van der Waals surface area contributed by atoms with E-state index in [0.717, 1.165) is 25.1 Å². The zero-order valence-electron chi connectivity index (χ0n) is 11.6. The van der Waals surface area contributed by atoms with Crippen LogP contribution >= 0.6 is 0 Å². The Labute approximate surface area is 127 Å². The molecular formula is C13H12F5NO4. The zero-order chi connectivity index (χ0) is 17.8. The van der Waals surface area contributed by atoms with Crippen LogP contribution in [0.3, 0.4) is 0 Å². The van der Waals surface area contributed by atoms with Crippen LogP contribution in [-0.4, -0.2) is 29.8 Å². The fourth-order valence-corrected chi connectivity index (χ4v) is 1.64. The molecular weight excluding hydrogens is 329 g/mol. The van der Waals surface area contributed by atoms with Crippen molar-refractivity contribution in [1.29, 1.82) is 0 Å². The Hall–Kier alpha value is -2.39. The Morgan fingerprint density at radius 2 is 1.78 bits per heavy atom. The third-order valence-corrected chi connectivity index (χ3v) is 2.82. The molecule has 23 heavy (non-hydrogen) atoms. The van der Waals surface area contributed by atoms with Crippen LogP contribution in [0.2, 0.25) is 0 Å². The minimum Gasteiger partial charge on any atom is -0.481 e. The molecule has 0 aromatic heterocycles. The number of carboxylic acid groups (broad SMARTS) is 1. The lowest BCUT2D eigenvalue weighted by Gasteiger charge is -2.24. The first-order chi connectivity index (χ1) is 10.5. The minimum atomic E-state index is -5.05. The number of alkyl halides is 5. The van der Waals surface area contributed by atoms with Crippen molar-refractivity contribution in [1.82, 2.24) is 5.32 Å². The molecule has 1 amide bonds. The van der Waals surface area contributed by atoms with Crippen molar-refractivity contribution in [2.75, 3.05) is 0 Å². The summed E-state index contributed by atoms with van der Waals surface area (Å²) in [6, 6.07) is 1.36. The number of benzene rings is 1. The Morgan fingerprint density at radius 3 is 2.26 bits per heavy atom. The molecule has 1 aromatic rings. The number of hydrogen-bond acceptors (Lipinski definition) is 3. The maximum absolute atomic E-state index is 13.1. The summed E-state index contributed by atoms with van der Waals surface area (Å²) < 4.78 is 68.0. The predicted octanol–water partition coefficient (Wildman–Crippen LogP) is 2.73. The third kappa shape index (κ3) is 5.08. The molecule has 10 heteroatoms. The lowest BCUT2D eigenvalue weighted by Crippen LogP contribution is -2.42. The first-order valence-corrected chi connectivity index (χ1v) is 6.17. The smallest absolute Gasteiger partial charge is 0.413 e. The number of carbonyl (C=O) groups excluding carboxylic acids is 1. The molecule has 1 aromatic carbocycles. The van der Waals surface area contributed by atoms with Gasteiger partial charge >= 0.3 is 18.8 Å². The van der Waals surface area contributed by atoms with Gasteiger partial charge in [0.25, 0.3) is 0 Å². The van der Waals surface area contributed by atoms with Gasteiger partial charge in [-0.25, -0.2) is 0 Å². The number of carboxylic acids is 1. The Balaban J connectivity index is 3.19. The summed E-state index contributed by atoms with van der Waals surface area (Å²) >= 11 is 0. The van der Waals surface area contributed by atoms with Gasteiger partial charge in [0, 0.05) is 5.56 Å². The average molecular weight is 341 g/mol. The molecule has 1 rings (SSSR count). The van der Waals surface area contributed by atoms with Gasteiger partial charge in [-0.2, -0.15) is 22.0 Å². The Morgan fingerprint density at radius 1 is 1.22 bits per heavy atom. The lowest BCUT2D eigenvalue weighted by molar-refractivity contribution is -0.167. The van der Waals surface area contributed by atoms with E-state index in [9.17, 15) is 31.5 Å². The standard InChI is InChI=1S/C13H12F5NO4/c1-6(11(21)22)10(20)19-9(13(16,17)18)7-4-2-3-5-8(7)23-12(14)15/h2-6,9,12H,1H3,(H,19,20)(H,21,22). The van der Waals surface area contributed by atoms with Crippen LogP contribution in [0.15, 0.2) is 24.3 Å². The van der Waals surface area contributed by atoms with Gasteiger partial charge in [0.1, 0.15) is 11.7 Å². The summed E-state index contributed by atoms with van der Waals surface area (Å²) in [7, 11) is 0. The first kappa shape index (κ1) is 18.7. The molecule has 0 heterocycles. The van der Waals surface area contributed by atoms with Gasteiger partial charge < -0.3 is 15.2 Å². The monoisotopic (exact) mass is 341 g/mol. The van der Waals surface area contributed by atoms with Crippen LogP contribution in [0.25, 0.3) is 0 Å². The second-order valence-corrected chi connectivity index (χ2v) is 4.46.